The Labute approximate surface area is 129 Å². The number of carbonyl (C=O) groups excluding carboxylic acids is 2. The lowest BCUT2D eigenvalue weighted by Gasteiger charge is -2.21. The van der Waals surface area contributed by atoms with Crippen molar-refractivity contribution in [1.29, 1.82) is 0 Å². The highest BCUT2D eigenvalue weighted by Crippen LogP contribution is 2.27. The lowest BCUT2D eigenvalue weighted by atomic mass is 10.1. The average molecular weight is 304 g/mol. The van der Waals surface area contributed by atoms with Gasteiger partial charge in [-0.2, -0.15) is 0 Å². The zero-order chi connectivity index (χ0) is 15.7. The summed E-state index contributed by atoms with van der Waals surface area (Å²) >= 11 is 0. The highest BCUT2D eigenvalue weighted by atomic mass is 16.6. The summed E-state index contributed by atoms with van der Waals surface area (Å²) < 4.78 is 10.5. The molecule has 2 unspecified atom stereocenters. The Hall–Kier alpha value is -2.24. The van der Waals surface area contributed by atoms with Crippen molar-refractivity contribution in [2.45, 2.75) is 25.5 Å². The molecular formula is C16H20N2O4. The third kappa shape index (κ3) is 2.73. The summed E-state index contributed by atoms with van der Waals surface area (Å²) in [4.78, 5) is 26.9. The summed E-state index contributed by atoms with van der Waals surface area (Å²) in [5.41, 5.74) is 1.14. The quantitative estimate of drug-likeness (QED) is 0.841. The maximum atomic E-state index is 12.0. The second-order valence-corrected chi connectivity index (χ2v) is 5.71. The summed E-state index contributed by atoms with van der Waals surface area (Å²) in [7, 11) is 1.64. The fraction of sp³-hybridized carbons (Fsp3) is 0.500. The van der Waals surface area contributed by atoms with Crippen molar-refractivity contribution < 1.29 is 19.1 Å². The maximum absolute atomic E-state index is 12.0. The second kappa shape index (κ2) is 5.87. The molecule has 3 rings (SSSR count). The van der Waals surface area contributed by atoms with Gasteiger partial charge in [-0.05, 0) is 24.1 Å². The van der Waals surface area contributed by atoms with Crippen LogP contribution >= 0.6 is 0 Å². The van der Waals surface area contributed by atoms with Gasteiger partial charge in [0.25, 0.3) is 0 Å². The van der Waals surface area contributed by atoms with E-state index in [0.29, 0.717) is 19.6 Å². The molecule has 118 valence electrons. The summed E-state index contributed by atoms with van der Waals surface area (Å²) in [5.74, 6) is 0.845. The predicted octanol–water partition coefficient (Wildman–Crippen LogP) is 1.29. The molecule has 2 amide bonds. The van der Waals surface area contributed by atoms with Crippen LogP contribution in [0.25, 0.3) is 0 Å². The van der Waals surface area contributed by atoms with Crippen molar-refractivity contribution in [1.82, 2.24) is 9.80 Å². The summed E-state index contributed by atoms with van der Waals surface area (Å²) in [6, 6.07) is 7.79. The minimum Gasteiger partial charge on any atom is -0.497 e. The number of methoxy groups -OCH3 is 1. The first-order valence-corrected chi connectivity index (χ1v) is 7.44. The van der Waals surface area contributed by atoms with Gasteiger partial charge in [0.05, 0.1) is 19.7 Å². The lowest BCUT2D eigenvalue weighted by molar-refractivity contribution is -0.128. The van der Waals surface area contributed by atoms with Gasteiger partial charge in [0.2, 0.25) is 5.91 Å². The molecule has 2 aliphatic heterocycles. The van der Waals surface area contributed by atoms with Crippen LogP contribution in [0.2, 0.25) is 0 Å². The van der Waals surface area contributed by atoms with Crippen LogP contribution in [0.15, 0.2) is 24.3 Å². The van der Waals surface area contributed by atoms with E-state index in [-0.39, 0.29) is 24.1 Å². The number of fused-ring (bicyclic) bond motifs is 1. The second-order valence-electron chi connectivity index (χ2n) is 5.71. The van der Waals surface area contributed by atoms with Gasteiger partial charge in [-0.25, -0.2) is 4.79 Å². The van der Waals surface area contributed by atoms with Crippen LogP contribution in [0.5, 0.6) is 5.75 Å². The van der Waals surface area contributed by atoms with E-state index in [0.717, 1.165) is 17.7 Å². The van der Waals surface area contributed by atoms with Gasteiger partial charge in [0.15, 0.2) is 0 Å². The number of rotatable bonds is 4. The van der Waals surface area contributed by atoms with E-state index >= 15 is 0 Å². The predicted molar refractivity (Wildman–Crippen MR) is 79.7 cm³/mol. The number of carbonyl (C=O) groups is 2. The third-order valence-electron chi connectivity index (χ3n) is 4.37. The van der Waals surface area contributed by atoms with Crippen molar-refractivity contribution in [2.24, 2.45) is 0 Å². The molecule has 1 aromatic carbocycles. The van der Waals surface area contributed by atoms with Gasteiger partial charge < -0.3 is 14.4 Å². The monoisotopic (exact) mass is 304 g/mol. The van der Waals surface area contributed by atoms with Crippen LogP contribution in [-0.4, -0.2) is 60.7 Å². The number of hydrogen-bond acceptors (Lipinski definition) is 4. The van der Waals surface area contributed by atoms with E-state index < -0.39 is 0 Å². The Morgan fingerprint density at radius 2 is 2.05 bits per heavy atom. The normalized spacial score (nSPS) is 23.5. The molecule has 0 spiro atoms. The number of ether oxygens (including phenoxy) is 2. The Balaban J connectivity index is 1.61. The minimum atomic E-state index is -0.272. The molecule has 0 aromatic heterocycles. The molecule has 6 nitrogen and oxygen atoms in total. The van der Waals surface area contributed by atoms with E-state index in [2.05, 4.69) is 0 Å². The summed E-state index contributed by atoms with van der Waals surface area (Å²) in [6.45, 7) is 3.21. The molecule has 2 aliphatic rings. The molecule has 1 aromatic rings. The Morgan fingerprint density at radius 3 is 2.68 bits per heavy atom. The molecule has 0 radical (unpaired) electrons. The van der Waals surface area contributed by atoms with E-state index in [9.17, 15) is 9.59 Å². The molecule has 2 saturated heterocycles. The van der Waals surface area contributed by atoms with Crippen LogP contribution in [0.3, 0.4) is 0 Å². The Kier molecular flexibility index (Phi) is 3.92. The van der Waals surface area contributed by atoms with Gasteiger partial charge in [0, 0.05) is 20.0 Å². The maximum Gasteiger partial charge on any atom is 0.410 e. The largest absolute Gasteiger partial charge is 0.497 e. The van der Waals surface area contributed by atoms with Crippen molar-refractivity contribution in [3.63, 3.8) is 0 Å². The smallest absolute Gasteiger partial charge is 0.410 e. The zero-order valence-electron chi connectivity index (χ0n) is 12.8. The Bertz CT molecular complexity index is 572. The van der Waals surface area contributed by atoms with Gasteiger partial charge in [-0.15, -0.1) is 0 Å². The average Bonchev–Trinajstić information content (AvgIpc) is 3.03. The van der Waals surface area contributed by atoms with Crippen molar-refractivity contribution in [3.8, 4) is 5.75 Å². The highest BCUT2D eigenvalue weighted by molar-refractivity contribution is 5.75. The molecule has 0 saturated carbocycles. The lowest BCUT2D eigenvalue weighted by Crippen LogP contribution is -2.39. The minimum absolute atomic E-state index is 0.0188. The van der Waals surface area contributed by atoms with Crippen molar-refractivity contribution >= 4 is 12.0 Å². The van der Waals surface area contributed by atoms with Crippen LogP contribution in [0, 0.1) is 0 Å². The van der Waals surface area contributed by atoms with E-state index in [1.54, 1.807) is 23.8 Å². The molecule has 2 fully saturated rings. The van der Waals surface area contributed by atoms with Gasteiger partial charge in [-0.1, -0.05) is 12.1 Å². The fourth-order valence-corrected chi connectivity index (χ4v) is 3.06. The fourth-order valence-electron chi connectivity index (χ4n) is 3.06. The van der Waals surface area contributed by atoms with Crippen molar-refractivity contribution in [3.05, 3.63) is 29.8 Å². The van der Waals surface area contributed by atoms with Gasteiger partial charge in [-0.3, -0.25) is 9.69 Å². The number of benzene rings is 1. The molecule has 0 aliphatic carbocycles. The highest BCUT2D eigenvalue weighted by Gasteiger charge is 2.47. The van der Waals surface area contributed by atoms with Crippen LogP contribution in [0.1, 0.15) is 12.5 Å². The third-order valence-corrected chi connectivity index (χ3v) is 4.37. The SMILES string of the molecule is COc1ccc(CCN2C(=O)OC3CN(C(C)=O)CC32)cc1. The van der Waals surface area contributed by atoms with E-state index in [1.807, 2.05) is 24.3 Å². The molecule has 22 heavy (non-hydrogen) atoms. The molecule has 0 bridgehead atoms. The molecule has 0 N–H and O–H groups in total. The zero-order valence-corrected chi connectivity index (χ0v) is 12.8. The van der Waals surface area contributed by atoms with Crippen LogP contribution in [0.4, 0.5) is 4.79 Å². The van der Waals surface area contributed by atoms with Crippen LogP contribution < -0.4 is 4.74 Å². The number of likely N-dealkylation sites (tertiary alicyclic amines) is 1. The first-order chi connectivity index (χ1) is 10.6. The van der Waals surface area contributed by atoms with E-state index in [1.165, 1.54) is 0 Å². The van der Waals surface area contributed by atoms with E-state index in [4.69, 9.17) is 9.47 Å². The van der Waals surface area contributed by atoms with Crippen LogP contribution in [-0.2, 0) is 16.0 Å². The number of amides is 2. The first-order valence-electron chi connectivity index (χ1n) is 7.44. The standard InChI is InChI=1S/C16H20N2O4/c1-11(19)17-9-14-15(10-17)22-16(20)18(14)8-7-12-3-5-13(21-2)6-4-12/h3-6,14-15H,7-10H2,1-2H3. The Morgan fingerprint density at radius 1 is 1.32 bits per heavy atom. The molecular weight excluding hydrogens is 284 g/mol. The first kappa shape index (κ1) is 14.7. The topological polar surface area (TPSA) is 59.1 Å². The number of nitrogens with zero attached hydrogens (tertiary/aromatic N) is 2. The molecule has 6 heteroatoms. The molecule has 2 atom stereocenters. The summed E-state index contributed by atoms with van der Waals surface area (Å²) in [5, 5.41) is 0. The van der Waals surface area contributed by atoms with Crippen molar-refractivity contribution in [2.75, 3.05) is 26.7 Å². The summed E-state index contributed by atoms with van der Waals surface area (Å²) in [6.07, 6.45) is 0.293. The number of hydrogen-bond donors (Lipinski definition) is 0. The van der Waals surface area contributed by atoms with Gasteiger partial charge in [0.1, 0.15) is 11.9 Å². The molecule has 2 heterocycles. The van der Waals surface area contributed by atoms with Gasteiger partial charge >= 0.3 is 6.09 Å².